The first kappa shape index (κ1) is 15.3. The summed E-state index contributed by atoms with van der Waals surface area (Å²) in [6.45, 7) is 3.85. The molecule has 2 N–H and O–H groups in total. The smallest absolute Gasteiger partial charge is 0.306 e. The van der Waals surface area contributed by atoms with Crippen LogP contribution in [0.15, 0.2) is 0 Å². The van der Waals surface area contributed by atoms with Crippen LogP contribution in [0.5, 0.6) is 0 Å². The summed E-state index contributed by atoms with van der Waals surface area (Å²) in [6.07, 6.45) is 1.73. The monoisotopic (exact) mass is 248 g/mol. The number of hydrogen-bond acceptors (Lipinski definition) is 3. The van der Waals surface area contributed by atoms with Gasteiger partial charge in [0.05, 0.1) is 5.92 Å². The van der Waals surface area contributed by atoms with Gasteiger partial charge in [0.2, 0.25) is 0 Å². The van der Waals surface area contributed by atoms with Crippen LogP contribution >= 0.6 is 12.6 Å². The van der Waals surface area contributed by atoms with Crippen LogP contribution in [-0.4, -0.2) is 27.4 Å². The third-order valence-electron chi connectivity index (χ3n) is 2.74. The Bertz CT molecular complexity index is 240. The van der Waals surface area contributed by atoms with E-state index in [1.807, 2.05) is 13.8 Å². The molecule has 0 aliphatic rings. The lowest BCUT2D eigenvalue weighted by molar-refractivity contribution is -0.145. The van der Waals surface area contributed by atoms with Crippen LogP contribution in [0.1, 0.15) is 39.5 Å². The lowest BCUT2D eigenvalue weighted by Crippen LogP contribution is -2.29. The third-order valence-corrected chi connectivity index (χ3v) is 3.13. The molecule has 3 unspecified atom stereocenters. The van der Waals surface area contributed by atoms with Crippen LogP contribution in [0.4, 0.5) is 0 Å². The minimum Gasteiger partial charge on any atom is -0.481 e. The molecule has 0 amide bonds. The molecule has 0 fully saturated rings. The van der Waals surface area contributed by atoms with Gasteiger partial charge in [0.15, 0.2) is 0 Å². The Morgan fingerprint density at radius 2 is 1.81 bits per heavy atom. The molecule has 5 heteroatoms. The minimum absolute atomic E-state index is 0.0326. The van der Waals surface area contributed by atoms with Gasteiger partial charge in [-0.1, -0.05) is 20.3 Å². The van der Waals surface area contributed by atoms with E-state index in [1.165, 1.54) is 0 Å². The van der Waals surface area contributed by atoms with Crippen molar-refractivity contribution in [2.45, 2.75) is 44.8 Å². The standard InChI is InChI=1S/C11H20O4S/c1-3-4-8(7(2)16)9(11(14)15)5-6-10(12)13/h7-9,16H,3-6H2,1-2H3,(H,12,13)(H,14,15). The Kier molecular flexibility index (Phi) is 7.21. The van der Waals surface area contributed by atoms with E-state index in [-0.39, 0.29) is 24.0 Å². The van der Waals surface area contributed by atoms with Crippen molar-refractivity contribution in [3.05, 3.63) is 0 Å². The van der Waals surface area contributed by atoms with E-state index in [0.717, 1.165) is 12.8 Å². The summed E-state index contributed by atoms with van der Waals surface area (Å²) in [7, 11) is 0. The zero-order valence-corrected chi connectivity index (χ0v) is 10.6. The van der Waals surface area contributed by atoms with E-state index in [2.05, 4.69) is 12.6 Å². The molecule has 0 saturated carbocycles. The van der Waals surface area contributed by atoms with Crippen molar-refractivity contribution in [3.63, 3.8) is 0 Å². The van der Waals surface area contributed by atoms with Gasteiger partial charge in [-0.25, -0.2) is 0 Å². The maximum atomic E-state index is 11.1. The van der Waals surface area contributed by atoms with Gasteiger partial charge in [-0.2, -0.15) is 12.6 Å². The predicted octanol–water partition coefficient (Wildman–Crippen LogP) is 2.29. The predicted molar refractivity (Wildman–Crippen MR) is 64.8 cm³/mol. The highest BCUT2D eigenvalue weighted by molar-refractivity contribution is 7.80. The molecule has 0 aliphatic carbocycles. The van der Waals surface area contributed by atoms with E-state index >= 15 is 0 Å². The minimum atomic E-state index is -0.951. The number of carbonyl (C=O) groups is 2. The fourth-order valence-corrected chi connectivity index (χ4v) is 2.27. The highest BCUT2D eigenvalue weighted by atomic mass is 32.1. The number of carboxylic acids is 2. The topological polar surface area (TPSA) is 74.6 Å². The highest BCUT2D eigenvalue weighted by Crippen LogP contribution is 2.28. The van der Waals surface area contributed by atoms with Crippen LogP contribution in [0.3, 0.4) is 0 Å². The molecule has 16 heavy (non-hydrogen) atoms. The van der Waals surface area contributed by atoms with Crippen molar-refractivity contribution in [2.75, 3.05) is 0 Å². The van der Waals surface area contributed by atoms with Gasteiger partial charge < -0.3 is 10.2 Å². The van der Waals surface area contributed by atoms with Gasteiger partial charge in [0, 0.05) is 11.7 Å². The summed E-state index contributed by atoms with van der Waals surface area (Å²) in [5, 5.41) is 17.7. The van der Waals surface area contributed by atoms with Crippen LogP contribution in [0, 0.1) is 11.8 Å². The molecule has 0 rings (SSSR count). The molecule has 0 radical (unpaired) electrons. The molecule has 0 aromatic heterocycles. The van der Waals surface area contributed by atoms with E-state index in [9.17, 15) is 9.59 Å². The Balaban J connectivity index is 4.57. The van der Waals surface area contributed by atoms with Crippen molar-refractivity contribution < 1.29 is 19.8 Å². The second kappa shape index (κ2) is 7.54. The zero-order valence-electron chi connectivity index (χ0n) is 9.72. The molecule has 4 nitrogen and oxygen atoms in total. The summed E-state index contributed by atoms with van der Waals surface area (Å²) >= 11 is 4.29. The van der Waals surface area contributed by atoms with Gasteiger partial charge in [-0.15, -0.1) is 0 Å². The van der Waals surface area contributed by atoms with E-state index in [0.29, 0.717) is 0 Å². The number of aliphatic carboxylic acids is 2. The number of thiol groups is 1. The summed E-state index contributed by atoms with van der Waals surface area (Å²) in [5.41, 5.74) is 0. The molecule has 0 saturated heterocycles. The van der Waals surface area contributed by atoms with Gasteiger partial charge in [0.25, 0.3) is 0 Å². The molecular formula is C11H20O4S. The van der Waals surface area contributed by atoms with Crippen molar-refractivity contribution in [1.82, 2.24) is 0 Å². The molecule has 0 bridgehead atoms. The maximum absolute atomic E-state index is 11.1. The average Bonchev–Trinajstić information content (AvgIpc) is 2.15. The molecule has 0 aliphatic heterocycles. The van der Waals surface area contributed by atoms with Crippen LogP contribution in [-0.2, 0) is 9.59 Å². The summed E-state index contributed by atoms with van der Waals surface area (Å²) < 4.78 is 0. The molecular weight excluding hydrogens is 228 g/mol. The molecule has 0 heterocycles. The quantitative estimate of drug-likeness (QED) is 0.576. The third kappa shape index (κ3) is 5.39. The lowest BCUT2D eigenvalue weighted by Gasteiger charge is -2.26. The molecule has 0 aromatic rings. The van der Waals surface area contributed by atoms with Gasteiger partial charge in [0.1, 0.15) is 0 Å². The van der Waals surface area contributed by atoms with E-state index in [4.69, 9.17) is 10.2 Å². The van der Waals surface area contributed by atoms with E-state index < -0.39 is 17.9 Å². The first-order valence-corrected chi connectivity index (χ1v) is 6.04. The Labute approximate surface area is 101 Å². The Hall–Kier alpha value is -0.710. The summed E-state index contributed by atoms with van der Waals surface area (Å²) in [4.78, 5) is 21.6. The fraction of sp³-hybridized carbons (Fsp3) is 0.818. The van der Waals surface area contributed by atoms with Gasteiger partial charge in [-0.05, 0) is 18.8 Å². The molecule has 0 aromatic carbocycles. The maximum Gasteiger partial charge on any atom is 0.306 e. The first-order chi connectivity index (χ1) is 7.40. The molecule has 3 atom stereocenters. The number of hydrogen-bond donors (Lipinski definition) is 3. The largest absolute Gasteiger partial charge is 0.481 e. The first-order valence-electron chi connectivity index (χ1n) is 5.52. The van der Waals surface area contributed by atoms with Crippen LogP contribution < -0.4 is 0 Å². The zero-order chi connectivity index (χ0) is 12.7. The SMILES string of the molecule is CCCC(C(C)S)C(CCC(=O)O)C(=O)O. The number of rotatable bonds is 8. The van der Waals surface area contributed by atoms with Crippen molar-refractivity contribution in [2.24, 2.45) is 11.8 Å². The van der Waals surface area contributed by atoms with Crippen molar-refractivity contribution >= 4 is 24.6 Å². The second-order valence-corrected chi connectivity index (χ2v) is 4.88. The second-order valence-electron chi connectivity index (χ2n) is 4.07. The fourth-order valence-electron chi connectivity index (χ4n) is 1.91. The van der Waals surface area contributed by atoms with Crippen molar-refractivity contribution in [1.29, 1.82) is 0 Å². The van der Waals surface area contributed by atoms with E-state index in [1.54, 1.807) is 0 Å². The van der Waals surface area contributed by atoms with Gasteiger partial charge >= 0.3 is 11.9 Å². The summed E-state index contributed by atoms with van der Waals surface area (Å²) in [5.74, 6) is -2.54. The lowest BCUT2D eigenvalue weighted by atomic mass is 9.83. The normalized spacial score (nSPS) is 16.4. The van der Waals surface area contributed by atoms with Crippen LogP contribution in [0.25, 0.3) is 0 Å². The molecule has 94 valence electrons. The Morgan fingerprint density at radius 3 is 2.12 bits per heavy atom. The highest BCUT2D eigenvalue weighted by Gasteiger charge is 2.30. The average molecular weight is 248 g/mol. The van der Waals surface area contributed by atoms with Crippen molar-refractivity contribution in [3.8, 4) is 0 Å². The summed E-state index contributed by atoms with van der Waals surface area (Å²) in [6, 6.07) is 0. The van der Waals surface area contributed by atoms with Crippen LogP contribution in [0.2, 0.25) is 0 Å². The Morgan fingerprint density at radius 1 is 1.25 bits per heavy atom. The van der Waals surface area contributed by atoms with Gasteiger partial charge in [-0.3, -0.25) is 9.59 Å². The molecule has 0 spiro atoms. The number of carboxylic acid groups (broad SMARTS) is 2.